The first-order valence-electron chi connectivity index (χ1n) is 9.11. The van der Waals surface area contributed by atoms with Crippen molar-refractivity contribution < 1.29 is 4.92 Å². The number of nitrogens with one attached hydrogen (secondary N) is 1. The summed E-state index contributed by atoms with van der Waals surface area (Å²) in [6, 6.07) is 25.1. The van der Waals surface area contributed by atoms with Crippen molar-refractivity contribution in [3.8, 4) is 16.7 Å². The standard InChI is InChI=1S/C23H17N3O2S/c24-15-29-18-11-12-21-19(13-18)22(23(25-21)17-9-5-2-6-10-17)20(14-26(27)28)16-7-3-1-4-8-16/h1-13,20,25H,14H2. The Morgan fingerprint density at radius 2 is 1.72 bits per heavy atom. The van der Waals surface area contributed by atoms with Crippen LogP contribution < -0.4 is 0 Å². The Bertz CT molecular complexity index is 1200. The van der Waals surface area contributed by atoms with Gasteiger partial charge >= 0.3 is 0 Å². The Balaban J connectivity index is 2.01. The van der Waals surface area contributed by atoms with Crippen LogP contribution in [0.15, 0.2) is 83.8 Å². The third kappa shape index (κ3) is 3.86. The fourth-order valence-corrected chi connectivity index (χ4v) is 4.12. The number of nitro groups is 1. The van der Waals surface area contributed by atoms with Gasteiger partial charge in [0, 0.05) is 20.7 Å². The molecule has 0 aliphatic heterocycles. The number of hydrogen-bond donors (Lipinski definition) is 1. The SMILES string of the molecule is N#CSc1ccc2[nH]c(-c3ccccc3)c(C(C[N+](=O)[O-])c3ccccc3)c2c1. The average Bonchev–Trinajstić information content (AvgIpc) is 3.12. The van der Waals surface area contributed by atoms with Gasteiger partial charge in [-0.25, -0.2) is 0 Å². The van der Waals surface area contributed by atoms with Gasteiger partial charge in [0.05, 0.1) is 11.6 Å². The number of thiocyanates is 1. The van der Waals surface area contributed by atoms with Gasteiger partial charge in [0.25, 0.3) is 0 Å². The van der Waals surface area contributed by atoms with E-state index in [1.807, 2.05) is 78.9 Å². The smallest absolute Gasteiger partial charge is 0.214 e. The molecule has 1 atom stereocenters. The average molecular weight is 399 g/mol. The monoisotopic (exact) mass is 399 g/mol. The van der Waals surface area contributed by atoms with E-state index >= 15 is 0 Å². The Hall–Kier alpha value is -3.56. The zero-order valence-electron chi connectivity index (χ0n) is 15.4. The molecule has 0 saturated carbocycles. The summed E-state index contributed by atoms with van der Waals surface area (Å²) in [4.78, 5) is 15.6. The molecule has 0 amide bonds. The molecule has 3 aromatic carbocycles. The molecule has 0 saturated heterocycles. The van der Waals surface area contributed by atoms with Crippen LogP contribution in [0.4, 0.5) is 0 Å². The third-order valence-corrected chi connectivity index (χ3v) is 5.50. The summed E-state index contributed by atoms with van der Waals surface area (Å²) in [7, 11) is 0. The van der Waals surface area contributed by atoms with Crippen molar-refractivity contribution in [1.29, 1.82) is 5.26 Å². The first-order chi connectivity index (χ1) is 14.2. The zero-order chi connectivity index (χ0) is 20.2. The van der Waals surface area contributed by atoms with E-state index in [0.717, 1.165) is 49.9 Å². The molecule has 1 heterocycles. The van der Waals surface area contributed by atoms with Gasteiger partial charge in [-0.2, -0.15) is 5.26 Å². The van der Waals surface area contributed by atoms with Gasteiger partial charge in [-0.05, 0) is 46.7 Å². The van der Waals surface area contributed by atoms with Crippen LogP contribution in [0.5, 0.6) is 0 Å². The number of rotatable bonds is 6. The molecule has 0 aliphatic carbocycles. The summed E-state index contributed by atoms with van der Waals surface area (Å²) < 4.78 is 0. The minimum atomic E-state index is -0.419. The molecule has 0 spiro atoms. The van der Waals surface area contributed by atoms with Gasteiger partial charge in [-0.15, -0.1) is 0 Å². The highest BCUT2D eigenvalue weighted by Gasteiger charge is 2.27. The van der Waals surface area contributed by atoms with E-state index in [1.165, 1.54) is 0 Å². The van der Waals surface area contributed by atoms with Crippen molar-refractivity contribution >= 4 is 22.7 Å². The first-order valence-corrected chi connectivity index (χ1v) is 9.92. The summed E-state index contributed by atoms with van der Waals surface area (Å²) >= 11 is 1.08. The number of nitrogens with zero attached hydrogens (tertiary/aromatic N) is 2. The number of hydrogen-bond acceptors (Lipinski definition) is 4. The molecule has 29 heavy (non-hydrogen) atoms. The maximum absolute atomic E-state index is 11.6. The molecule has 0 aliphatic rings. The summed E-state index contributed by atoms with van der Waals surface area (Å²) in [6.45, 7) is -0.216. The second kappa shape index (κ2) is 8.21. The maximum Gasteiger partial charge on any atom is 0.214 e. The maximum atomic E-state index is 11.6. The number of thioether (sulfide) groups is 1. The second-order valence-corrected chi connectivity index (χ2v) is 7.52. The Labute approximate surface area is 172 Å². The van der Waals surface area contributed by atoms with Gasteiger partial charge in [0.2, 0.25) is 6.54 Å². The quantitative estimate of drug-likeness (QED) is 0.192. The molecule has 4 rings (SSSR count). The van der Waals surface area contributed by atoms with Crippen LogP contribution in [-0.4, -0.2) is 16.5 Å². The van der Waals surface area contributed by atoms with Crippen molar-refractivity contribution in [3.63, 3.8) is 0 Å². The lowest BCUT2D eigenvalue weighted by Gasteiger charge is -2.16. The predicted octanol–water partition coefficient (Wildman–Crippen LogP) is 5.82. The molecular formula is C23H17N3O2S. The molecule has 1 unspecified atom stereocenters. The topological polar surface area (TPSA) is 82.7 Å². The molecule has 4 aromatic rings. The molecule has 142 valence electrons. The Kier molecular flexibility index (Phi) is 5.32. The van der Waals surface area contributed by atoms with Crippen molar-refractivity contribution in [2.75, 3.05) is 6.54 Å². The molecule has 1 aromatic heterocycles. The second-order valence-electron chi connectivity index (χ2n) is 6.66. The summed E-state index contributed by atoms with van der Waals surface area (Å²) in [6.07, 6.45) is 0. The van der Waals surface area contributed by atoms with E-state index in [1.54, 1.807) is 0 Å². The minimum Gasteiger partial charge on any atom is -0.354 e. The van der Waals surface area contributed by atoms with Crippen molar-refractivity contribution in [2.24, 2.45) is 0 Å². The molecule has 0 radical (unpaired) electrons. The van der Waals surface area contributed by atoms with Gasteiger partial charge in [-0.1, -0.05) is 60.7 Å². The third-order valence-electron chi connectivity index (χ3n) is 4.92. The van der Waals surface area contributed by atoms with E-state index in [4.69, 9.17) is 5.26 Å². The number of H-pyrrole nitrogens is 1. The van der Waals surface area contributed by atoms with Crippen LogP contribution in [0.1, 0.15) is 17.0 Å². The highest BCUT2D eigenvalue weighted by atomic mass is 32.2. The minimum absolute atomic E-state index is 0.216. The lowest BCUT2D eigenvalue weighted by molar-refractivity contribution is -0.481. The van der Waals surface area contributed by atoms with Gasteiger partial charge < -0.3 is 4.98 Å². The number of aromatic amines is 1. The normalized spacial score (nSPS) is 11.8. The van der Waals surface area contributed by atoms with Crippen LogP contribution in [-0.2, 0) is 0 Å². The Morgan fingerprint density at radius 1 is 1.03 bits per heavy atom. The van der Waals surface area contributed by atoms with Crippen LogP contribution in [0.25, 0.3) is 22.2 Å². The first kappa shape index (κ1) is 18.8. The van der Waals surface area contributed by atoms with E-state index < -0.39 is 5.92 Å². The molecule has 0 fully saturated rings. The van der Waals surface area contributed by atoms with E-state index in [0.29, 0.717) is 0 Å². The summed E-state index contributed by atoms with van der Waals surface area (Å²) in [5.74, 6) is -0.419. The largest absolute Gasteiger partial charge is 0.354 e. The van der Waals surface area contributed by atoms with Crippen molar-refractivity contribution in [1.82, 2.24) is 4.98 Å². The molecule has 6 heteroatoms. The van der Waals surface area contributed by atoms with Crippen LogP contribution in [0.2, 0.25) is 0 Å². The van der Waals surface area contributed by atoms with Crippen LogP contribution in [0.3, 0.4) is 0 Å². The Morgan fingerprint density at radius 3 is 2.38 bits per heavy atom. The van der Waals surface area contributed by atoms with E-state index in [2.05, 4.69) is 10.4 Å². The fourth-order valence-electron chi connectivity index (χ4n) is 3.70. The lowest BCUT2D eigenvalue weighted by Crippen LogP contribution is -2.14. The molecule has 0 bridgehead atoms. The summed E-state index contributed by atoms with van der Waals surface area (Å²) in [5.41, 5.74) is 4.51. The fraction of sp³-hybridized carbons (Fsp3) is 0.0870. The van der Waals surface area contributed by atoms with E-state index in [-0.39, 0.29) is 11.5 Å². The zero-order valence-corrected chi connectivity index (χ0v) is 16.2. The highest BCUT2D eigenvalue weighted by Crippen LogP contribution is 2.40. The predicted molar refractivity (Wildman–Crippen MR) is 115 cm³/mol. The molecule has 1 N–H and O–H groups in total. The van der Waals surface area contributed by atoms with Gasteiger partial charge in [-0.3, -0.25) is 10.1 Å². The van der Waals surface area contributed by atoms with Crippen LogP contribution in [0, 0.1) is 20.8 Å². The summed E-state index contributed by atoms with van der Waals surface area (Å²) in [5, 5.41) is 23.6. The van der Waals surface area contributed by atoms with E-state index in [9.17, 15) is 10.1 Å². The van der Waals surface area contributed by atoms with Gasteiger partial charge in [0.15, 0.2) is 0 Å². The van der Waals surface area contributed by atoms with Crippen molar-refractivity contribution in [2.45, 2.75) is 10.8 Å². The highest BCUT2D eigenvalue weighted by molar-refractivity contribution is 8.03. The molecular weight excluding hydrogens is 382 g/mol. The van der Waals surface area contributed by atoms with Gasteiger partial charge in [0.1, 0.15) is 5.40 Å². The molecule has 5 nitrogen and oxygen atoms in total. The number of nitriles is 1. The van der Waals surface area contributed by atoms with Crippen LogP contribution >= 0.6 is 11.8 Å². The van der Waals surface area contributed by atoms with Crippen molar-refractivity contribution in [3.05, 3.63) is 100 Å². The number of benzene rings is 3. The number of fused-ring (bicyclic) bond motifs is 1. The lowest BCUT2D eigenvalue weighted by atomic mass is 9.87. The number of aromatic nitrogens is 1.